The number of morpholine rings is 1. The number of rotatable bonds is 7. The number of nitriles is 1. The van der Waals surface area contributed by atoms with E-state index in [2.05, 4.69) is 21.1 Å². The van der Waals surface area contributed by atoms with Gasteiger partial charge in [0.1, 0.15) is 35.5 Å². The number of fused-ring (bicyclic) bond motifs is 1. The second kappa shape index (κ2) is 9.99. The minimum atomic E-state index is 0.278. The number of hydrogen-bond donors (Lipinski definition) is 0. The molecule has 9 heteroatoms. The highest BCUT2D eigenvalue weighted by Crippen LogP contribution is 2.31. The fourth-order valence-corrected chi connectivity index (χ4v) is 4.13. The summed E-state index contributed by atoms with van der Waals surface area (Å²) in [6.07, 6.45) is 2.31. The Morgan fingerprint density at radius 3 is 2.71 bits per heavy atom. The molecule has 1 fully saturated rings. The largest absolute Gasteiger partial charge is 0.493 e. The molecule has 0 amide bonds. The molecule has 0 atom stereocenters. The summed E-state index contributed by atoms with van der Waals surface area (Å²) >= 11 is 0. The predicted molar refractivity (Wildman–Crippen MR) is 129 cm³/mol. The molecule has 4 aromatic rings. The molecule has 178 valence electrons. The van der Waals surface area contributed by atoms with Crippen molar-refractivity contribution < 1.29 is 18.7 Å². The minimum absolute atomic E-state index is 0.278. The Hall–Kier alpha value is -4.16. The third-order valence-corrected chi connectivity index (χ3v) is 5.91. The Labute approximate surface area is 202 Å². The van der Waals surface area contributed by atoms with Crippen LogP contribution >= 0.6 is 0 Å². The molecule has 35 heavy (non-hydrogen) atoms. The monoisotopic (exact) mass is 471 g/mol. The third kappa shape index (κ3) is 4.88. The normalized spacial score (nSPS) is 13.6. The van der Waals surface area contributed by atoms with E-state index in [0.29, 0.717) is 53.4 Å². The Morgan fingerprint density at radius 1 is 1.11 bits per heavy atom. The van der Waals surface area contributed by atoms with Gasteiger partial charge < -0.3 is 23.6 Å². The zero-order valence-corrected chi connectivity index (χ0v) is 19.7. The molecule has 1 aliphatic rings. The SMILES string of the molecule is COc1cc(Cc2ccc3ncc(N4CCOCC4)nc3c2C#N)ccc1OCc1cc(C)on1. The van der Waals surface area contributed by atoms with E-state index in [-0.39, 0.29) is 6.61 Å². The molecule has 0 aliphatic carbocycles. The Kier molecular flexibility index (Phi) is 6.46. The average molecular weight is 472 g/mol. The molecule has 0 bridgehead atoms. The van der Waals surface area contributed by atoms with Crippen LogP contribution in [-0.2, 0) is 17.8 Å². The van der Waals surface area contributed by atoms with Gasteiger partial charge in [-0.05, 0) is 42.7 Å². The van der Waals surface area contributed by atoms with Crippen LogP contribution in [-0.4, -0.2) is 48.5 Å². The fourth-order valence-electron chi connectivity index (χ4n) is 4.13. The van der Waals surface area contributed by atoms with Gasteiger partial charge in [-0.3, -0.25) is 4.98 Å². The molecule has 3 heterocycles. The van der Waals surface area contributed by atoms with Crippen molar-refractivity contribution in [2.45, 2.75) is 20.0 Å². The Bertz CT molecular complexity index is 1390. The van der Waals surface area contributed by atoms with Crippen molar-refractivity contribution in [2.24, 2.45) is 0 Å². The smallest absolute Gasteiger partial charge is 0.161 e. The lowest BCUT2D eigenvalue weighted by Crippen LogP contribution is -2.36. The molecule has 0 radical (unpaired) electrons. The van der Waals surface area contributed by atoms with Crippen molar-refractivity contribution in [3.63, 3.8) is 0 Å². The summed E-state index contributed by atoms with van der Waals surface area (Å²) in [6, 6.07) is 13.8. The predicted octanol–water partition coefficient (Wildman–Crippen LogP) is 3.81. The number of benzene rings is 2. The molecule has 9 nitrogen and oxygen atoms in total. The maximum absolute atomic E-state index is 10.0. The number of aryl methyl sites for hydroxylation is 1. The molecule has 0 spiro atoms. The quantitative estimate of drug-likeness (QED) is 0.398. The van der Waals surface area contributed by atoms with Crippen molar-refractivity contribution in [3.05, 3.63) is 70.7 Å². The van der Waals surface area contributed by atoms with Crippen molar-refractivity contribution in [2.75, 3.05) is 38.3 Å². The van der Waals surface area contributed by atoms with E-state index >= 15 is 0 Å². The number of nitrogens with zero attached hydrogens (tertiary/aromatic N) is 5. The first-order chi connectivity index (χ1) is 17.1. The molecule has 5 rings (SSSR count). The number of methoxy groups -OCH3 is 1. The van der Waals surface area contributed by atoms with Crippen LogP contribution in [0.25, 0.3) is 11.0 Å². The van der Waals surface area contributed by atoms with E-state index in [1.165, 1.54) is 0 Å². The zero-order chi connectivity index (χ0) is 24.2. The van der Waals surface area contributed by atoms with Crippen molar-refractivity contribution in [1.29, 1.82) is 5.26 Å². The first-order valence-electron chi connectivity index (χ1n) is 11.4. The summed E-state index contributed by atoms with van der Waals surface area (Å²) in [4.78, 5) is 11.5. The maximum Gasteiger partial charge on any atom is 0.161 e. The van der Waals surface area contributed by atoms with E-state index in [0.717, 1.165) is 35.8 Å². The molecule has 0 N–H and O–H groups in total. The van der Waals surface area contributed by atoms with E-state index in [9.17, 15) is 5.26 Å². The van der Waals surface area contributed by atoms with Gasteiger partial charge in [-0.25, -0.2) is 4.98 Å². The summed E-state index contributed by atoms with van der Waals surface area (Å²) in [5.41, 5.74) is 4.42. The van der Waals surface area contributed by atoms with Gasteiger partial charge in [-0.15, -0.1) is 0 Å². The van der Waals surface area contributed by atoms with Gasteiger partial charge in [0.15, 0.2) is 11.5 Å². The van der Waals surface area contributed by atoms with E-state index < -0.39 is 0 Å². The molecule has 1 saturated heterocycles. The zero-order valence-electron chi connectivity index (χ0n) is 19.7. The van der Waals surface area contributed by atoms with Gasteiger partial charge in [-0.2, -0.15) is 5.26 Å². The van der Waals surface area contributed by atoms with Crippen molar-refractivity contribution in [3.8, 4) is 17.6 Å². The number of anilines is 1. The molecule has 2 aromatic heterocycles. The summed E-state index contributed by atoms with van der Waals surface area (Å²) < 4.78 is 21.9. The van der Waals surface area contributed by atoms with E-state index in [1.807, 2.05) is 43.3 Å². The summed E-state index contributed by atoms with van der Waals surface area (Å²) in [5, 5.41) is 14.0. The fraction of sp³-hybridized carbons (Fsp3) is 0.308. The van der Waals surface area contributed by atoms with Crippen LogP contribution in [0.5, 0.6) is 11.5 Å². The first kappa shape index (κ1) is 22.6. The minimum Gasteiger partial charge on any atom is -0.493 e. The lowest BCUT2D eigenvalue weighted by Gasteiger charge is -2.27. The van der Waals surface area contributed by atoms with Gasteiger partial charge in [0, 0.05) is 19.2 Å². The third-order valence-electron chi connectivity index (χ3n) is 5.91. The highest BCUT2D eigenvalue weighted by molar-refractivity contribution is 5.83. The number of aromatic nitrogens is 3. The highest BCUT2D eigenvalue weighted by Gasteiger charge is 2.17. The van der Waals surface area contributed by atoms with E-state index in [4.69, 9.17) is 23.7 Å². The number of hydrogen-bond acceptors (Lipinski definition) is 9. The van der Waals surface area contributed by atoms with Gasteiger partial charge in [0.05, 0.1) is 37.6 Å². The average Bonchev–Trinajstić information content (AvgIpc) is 3.32. The van der Waals surface area contributed by atoms with E-state index in [1.54, 1.807) is 13.3 Å². The van der Waals surface area contributed by atoms with Crippen molar-refractivity contribution in [1.82, 2.24) is 15.1 Å². The molecule has 0 saturated carbocycles. The maximum atomic E-state index is 10.0. The van der Waals surface area contributed by atoms with Crippen LogP contribution in [0.1, 0.15) is 28.1 Å². The topological polar surface area (TPSA) is 107 Å². The lowest BCUT2D eigenvalue weighted by atomic mass is 9.98. The molecular weight excluding hydrogens is 446 g/mol. The van der Waals surface area contributed by atoms with Gasteiger partial charge in [0.25, 0.3) is 0 Å². The summed E-state index contributed by atoms with van der Waals surface area (Å²) in [5.74, 6) is 2.71. The van der Waals surface area contributed by atoms with Crippen LogP contribution in [0.2, 0.25) is 0 Å². The first-order valence-corrected chi connectivity index (χ1v) is 11.4. The molecular formula is C26H25N5O4. The van der Waals surface area contributed by atoms with Gasteiger partial charge in [-0.1, -0.05) is 17.3 Å². The van der Waals surface area contributed by atoms with Crippen LogP contribution in [0.3, 0.4) is 0 Å². The highest BCUT2D eigenvalue weighted by atomic mass is 16.5. The van der Waals surface area contributed by atoms with Crippen LogP contribution < -0.4 is 14.4 Å². The molecule has 0 unspecified atom stereocenters. The Balaban J connectivity index is 1.40. The van der Waals surface area contributed by atoms with Gasteiger partial charge in [0.2, 0.25) is 0 Å². The molecule has 2 aromatic carbocycles. The summed E-state index contributed by atoms with van der Waals surface area (Å²) in [6.45, 7) is 4.94. The second-order valence-electron chi connectivity index (χ2n) is 8.29. The standard InChI is InChI=1S/C26H25N5O4/c1-17-11-20(30-35-17)16-34-23-6-3-18(13-24(23)32-2)12-19-4-5-22-26(21(19)14-27)29-25(15-28-22)31-7-9-33-10-8-31/h3-6,11,13,15H,7-10,12,16H2,1-2H3. The number of ether oxygens (including phenoxy) is 3. The van der Waals surface area contributed by atoms with Crippen molar-refractivity contribution >= 4 is 16.9 Å². The Morgan fingerprint density at radius 2 is 1.97 bits per heavy atom. The van der Waals surface area contributed by atoms with Crippen LogP contribution in [0.4, 0.5) is 5.82 Å². The second-order valence-corrected chi connectivity index (χ2v) is 8.29. The van der Waals surface area contributed by atoms with Gasteiger partial charge >= 0.3 is 0 Å². The lowest BCUT2D eigenvalue weighted by molar-refractivity contribution is 0.122. The summed E-state index contributed by atoms with van der Waals surface area (Å²) in [7, 11) is 1.60. The molecule has 1 aliphatic heterocycles. The van der Waals surface area contributed by atoms with Crippen LogP contribution in [0.15, 0.2) is 47.1 Å². The van der Waals surface area contributed by atoms with Crippen LogP contribution in [0, 0.1) is 18.3 Å².